The fourth-order valence-electron chi connectivity index (χ4n) is 2.63. The molecule has 2 amide bonds. The lowest BCUT2D eigenvalue weighted by atomic mass is 10.1. The molecule has 1 heterocycles. The van der Waals surface area contributed by atoms with Gasteiger partial charge in [0.2, 0.25) is 0 Å². The van der Waals surface area contributed by atoms with Crippen molar-refractivity contribution in [3.8, 4) is 0 Å². The standard InChI is InChI=1S/C16H19N3O/c17-13-8-10-19(11-9-13)16(20)18-15-7-3-5-12-4-1-2-6-14(12)15/h1-7,13H,8-11,17H2,(H,18,20). The predicted molar refractivity (Wildman–Crippen MR) is 81.7 cm³/mol. The molecule has 0 atom stereocenters. The number of hydrogen-bond donors (Lipinski definition) is 2. The number of carbonyl (C=O) groups is 1. The maximum Gasteiger partial charge on any atom is 0.321 e. The Morgan fingerprint density at radius 3 is 2.60 bits per heavy atom. The number of anilines is 1. The molecule has 4 heteroatoms. The van der Waals surface area contributed by atoms with Gasteiger partial charge in [-0.05, 0) is 24.3 Å². The van der Waals surface area contributed by atoms with Crippen LogP contribution >= 0.6 is 0 Å². The highest BCUT2D eigenvalue weighted by Gasteiger charge is 2.20. The molecule has 104 valence electrons. The minimum Gasteiger partial charge on any atom is -0.328 e. The van der Waals surface area contributed by atoms with Crippen LogP contribution in [-0.2, 0) is 0 Å². The summed E-state index contributed by atoms with van der Waals surface area (Å²) in [6.45, 7) is 1.47. The summed E-state index contributed by atoms with van der Waals surface area (Å²) in [7, 11) is 0. The number of piperidine rings is 1. The second-order valence-corrected chi connectivity index (χ2v) is 5.28. The van der Waals surface area contributed by atoms with Gasteiger partial charge in [-0.1, -0.05) is 36.4 Å². The molecule has 2 aromatic rings. The molecule has 0 saturated carbocycles. The van der Waals surface area contributed by atoms with Gasteiger partial charge in [-0.2, -0.15) is 0 Å². The Morgan fingerprint density at radius 1 is 1.10 bits per heavy atom. The molecule has 2 aromatic carbocycles. The van der Waals surface area contributed by atoms with E-state index < -0.39 is 0 Å². The Kier molecular flexibility index (Phi) is 3.56. The van der Waals surface area contributed by atoms with E-state index in [4.69, 9.17) is 5.73 Å². The summed E-state index contributed by atoms with van der Waals surface area (Å²) in [4.78, 5) is 14.1. The van der Waals surface area contributed by atoms with Crippen molar-refractivity contribution in [1.29, 1.82) is 0 Å². The smallest absolute Gasteiger partial charge is 0.321 e. The van der Waals surface area contributed by atoms with Gasteiger partial charge in [0.25, 0.3) is 0 Å². The summed E-state index contributed by atoms with van der Waals surface area (Å²) in [5.41, 5.74) is 6.73. The van der Waals surface area contributed by atoms with Crippen molar-refractivity contribution in [3.05, 3.63) is 42.5 Å². The molecular weight excluding hydrogens is 250 g/mol. The van der Waals surface area contributed by atoms with Crippen LogP contribution in [0.3, 0.4) is 0 Å². The predicted octanol–water partition coefficient (Wildman–Crippen LogP) is 2.79. The zero-order chi connectivity index (χ0) is 13.9. The lowest BCUT2D eigenvalue weighted by Crippen LogP contribution is -2.44. The van der Waals surface area contributed by atoms with Crippen LogP contribution in [0.2, 0.25) is 0 Å². The first-order chi connectivity index (χ1) is 9.74. The van der Waals surface area contributed by atoms with Gasteiger partial charge in [0.05, 0.1) is 5.69 Å². The highest BCUT2D eigenvalue weighted by molar-refractivity contribution is 6.01. The third kappa shape index (κ3) is 2.60. The summed E-state index contributed by atoms with van der Waals surface area (Å²) in [5.74, 6) is 0. The molecule has 0 bridgehead atoms. The van der Waals surface area contributed by atoms with Crippen LogP contribution in [0, 0.1) is 0 Å². The normalized spacial score (nSPS) is 16.4. The monoisotopic (exact) mass is 269 g/mol. The summed E-state index contributed by atoms with van der Waals surface area (Å²) < 4.78 is 0. The van der Waals surface area contributed by atoms with Crippen molar-refractivity contribution < 1.29 is 4.79 Å². The molecule has 3 N–H and O–H groups in total. The molecule has 4 nitrogen and oxygen atoms in total. The maximum atomic E-state index is 12.3. The average molecular weight is 269 g/mol. The van der Waals surface area contributed by atoms with Crippen LogP contribution in [0.25, 0.3) is 10.8 Å². The number of nitrogens with two attached hydrogens (primary N) is 1. The van der Waals surface area contributed by atoms with E-state index in [0.717, 1.165) is 42.4 Å². The largest absolute Gasteiger partial charge is 0.328 e. The van der Waals surface area contributed by atoms with Crippen molar-refractivity contribution in [3.63, 3.8) is 0 Å². The molecule has 1 aliphatic heterocycles. The van der Waals surface area contributed by atoms with E-state index in [1.165, 1.54) is 0 Å². The van der Waals surface area contributed by atoms with E-state index in [1.807, 2.05) is 47.4 Å². The minimum atomic E-state index is -0.0340. The van der Waals surface area contributed by atoms with Gasteiger partial charge in [-0.15, -0.1) is 0 Å². The highest BCUT2D eigenvalue weighted by Crippen LogP contribution is 2.23. The van der Waals surface area contributed by atoms with Gasteiger partial charge in [0.1, 0.15) is 0 Å². The number of benzene rings is 2. The van der Waals surface area contributed by atoms with Crippen molar-refractivity contribution in [1.82, 2.24) is 4.90 Å². The van der Waals surface area contributed by atoms with Gasteiger partial charge < -0.3 is 16.0 Å². The number of hydrogen-bond acceptors (Lipinski definition) is 2. The van der Waals surface area contributed by atoms with E-state index in [1.54, 1.807) is 0 Å². The van der Waals surface area contributed by atoms with E-state index >= 15 is 0 Å². The Hall–Kier alpha value is -2.07. The molecule has 1 aliphatic rings. The zero-order valence-electron chi connectivity index (χ0n) is 11.4. The fourth-order valence-corrected chi connectivity index (χ4v) is 2.63. The van der Waals surface area contributed by atoms with Crippen LogP contribution in [0.15, 0.2) is 42.5 Å². The van der Waals surface area contributed by atoms with Crippen LogP contribution in [0.5, 0.6) is 0 Å². The summed E-state index contributed by atoms with van der Waals surface area (Å²) in [6.07, 6.45) is 1.76. The Labute approximate surface area is 118 Å². The van der Waals surface area contributed by atoms with E-state index in [2.05, 4.69) is 5.32 Å². The van der Waals surface area contributed by atoms with Crippen LogP contribution < -0.4 is 11.1 Å². The average Bonchev–Trinajstić information content (AvgIpc) is 2.48. The maximum absolute atomic E-state index is 12.3. The first kappa shape index (κ1) is 12.9. The second kappa shape index (κ2) is 5.51. The molecule has 20 heavy (non-hydrogen) atoms. The first-order valence-electron chi connectivity index (χ1n) is 7.03. The number of nitrogens with zero attached hydrogens (tertiary/aromatic N) is 1. The number of likely N-dealkylation sites (tertiary alicyclic amines) is 1. The summed E-state index contributed by atoms with van der Waals surface area (Å²) in [5, 5.41) is 5.21. The van der Waals surface area contributed by atoms with Crippen molar-refractivity contribution >= 4 is 22.5 Å². The summed E-state index contributed by atoms with van der Waals surface area (Å²) >= 11 is 0. The SMILES string of the molecule is NC1CCN(C(=O)Nc2cccc3ccccc23)CC1. The second-order valence-electron chi connectivity index (χ2n) is 5.28. The van der Waals surface area contributed by atoms with Gasteiger partial charge in [0.15, 0.2) is 0 Å². The zero-order valence-corrected chi connectivity index (χ0v) is 11.4. The Balaban J connectivity index is 1.77. The van der Waals surface area contributed by atoms with E-state index in [9.17, 15) is 4.79 Å². The van der Waals surface area contributed by atoms with Crippen molar-refractivity contribution in [2.75, 3.05) is 18.4 Å². The van der Waals surface area contributed by atoms with Gasteiger partial charge in [0, 0.05) is 24.5 Å². The molecule has 1 saturated heterocycles. The highest BCUT2D eigenvalue weighted by atomic mass is 16.2. The molecule has 0 unspecified atom stereocenters. The van der Waals surface area contributed by atoms with E-state index in [0.29, 0.717) is 0 Å². The molecule has 0 radical (unpaired) electrons. The number of rotatable bonds is 1. The number of nitrogens with one attached hydrogen (secondary N) is 1. The Morgan fingerprint density at radius 2 is 1.80 bits per heavy atom. The first-order valence-corrected chi connectivity index (χ1v) is 7.03. The molecule has 3 rings (SSSR count). The number of amides is 2. The Bertz CT molecular complexity index is 613. The van der Waals surface area contributed by atoms with Crippen LogP contribution in [0.4, 0.5) is 10.5 Å². The minimum absolute atomic E-state index is 0.0340. The lowest BCUT2D eigenvalue weighted by Gasteiger charge is -2.30. The topological polar surface area (TPSA) is 58.4 Å². The van der Waals surface area contributed by atoms with Crippen molar-refractivity contribution in [2.24, 2.45) is 5.73 Å². The van der Waals surface area contributed by atoms with Crippen LogP contribution in [0.1, 0.15) is 12.8 Å². The third-order valence-corrected chi connectivity index (χ3v) is 3.86. The number of carbonyl (C=O) groups excluding carboxylic acids is 1. The van der Waals surface area contributed by atoms with Crippen molar-refractivity contribution in [2.45, 2.75) is 18.9 Å². The third-order valence-electron chi connectivity index (χ3n) is 3.86. The quantitative estimate of drug-likeness (QED) is 0.836. The number of urea groups is 1. The van der Waals surface area contributed by atoms with Gasteiger partial charge in [-0.25, -0.2) is 4.79 Å². The molecular formula is C16H19N3O. The fraction of sp³-hybridized carbons (Fsp3) is 0.312. The van der Waals surface area contributed by atoms with Crippen LogP contribution in [-0.4, -0.2) is 30.1 Å². The lowest BCUT2D eigenvalue weighted by molar-refractivity contribution is 0.195. The number of fused-ring (bicyclic) bond motifs is 1. The molecule has 0 aliphatic carbocycles. The summed E-state index contributed by atoms with van der Waals surface area (Å²) in [6, 6.07) is 14.2. The van der Waals surface area contributed by atoms with E-state index in [-0.39, 0.29) is 12.1 Å². The van der Waals surface area contributed by atoms with Gasteiger partial charge >= 0.3 is 6.03 Å². The molecule has 1 fully saturated rings. The molecule has 0 spiro atoms. The molecule has 0 aromatic heterocycles. The van der Waals surface area contributed by atoms with Gasteiger partial charge in [-0.3, -0.25) is 0 Å².